The maximum absolute atomic E-state index is 12.9. The van der Waals surface area contributed by atoms with E-state index in [-0.39, 0.29) is 18.4 Å². The van der Waals surface area contributed by atoms with Crippen molar-refractivity contribution in [3.8, 4) is 0 Å². The second-order valence-electron chi connectivity index (χ2n) is 8.39. The first-order valence-corrected chi connectivity index (χ1v) is 12.5. The van der Waals surface area contributed by atoms with Gasteiger partial charge in [0.05, 0.1) is 18.4 Å². The molecule has 3 rings (SSSR count). The van der Waals surface area contributed by atoms with Crippen LogP contribution < -0.4 is 0 Å². The normalized spacial score (nSPS) is 21.7. The molecule has 164 valence electrons. The summed E-state index contributed by atoms with van der Waals surface area (Å²) < 4.78 is 31.8. The molecule has 0 bridgehead atoms. The summed E-state index contributed by atoms with van der Waals surface area (Å²) in [6.45, 7) is 8.12. The zero-order valence-electron chi connectivity index (χ0n) is 17.9. The molecule has 2 aliphatic heterocycles. The molecule has 1 unspecified atom stereocenters. The predicted molar refractivity (Wildman–Crippen MR) is 111 cm³/mol. The van der Waals surface area contributed by atoms with E-state index in [9.17, 15) is 13.2 Å². The monoisotopic (exact) mass is 426 g/mol. The van der Waals surface area contributed by atoms with Crippen molar-refractivity contribution in [2.45, 2.75) is 58.4 Å². The van der Waals surface area contributed by atoms with Gasteiger partial charge in [-0.1, -0.05) is 11.6 Å². The second-order valence-corrected chi connectivity index (χ2v) is 10.3. The molecule has 9 heteroatoms. The standard InChI is InChI=1S/C20H34N4O4S/c1-16-19(17(2)28-21-16)14-20(25)23-11-7-8-18(15-23)24(29(3,26)27)13-12-22-9-5-4-6-10-22/h18H,4-15H2,1-3H3. The molecule has 2 aliphatic rings. The van der Waals surface area contributed by atoms with Crippen LogP contribution in [0.4, 0.5) is 0 Å². The van der Waals surface area contributed by atoms with Crippen LogP contribution >= 0.6 is 0 Å². The van der Waals surface area contributed by atoms with Crippen LogP contribution in [0.15, 0.2) is 4.52 Å². The lowest BCUT2D eigenvalue weighted by atomic mass is 10.0. The Labute approximate surface area is 174 Å². The van der Waals surface area contributed by atoms with E-state index >= 15 is 0 Å². The molecule has 3 heterocycles. The van der Waals surface area contributed by atoms with Crippen LogP contribution in [0.25, 0.3) is 0 Å². The molecular formula is C20H34N4O4S. The third-order valence-corrected chi connectivity index (χ3v) is 7.51. The number of aryl methyl sites for hydroxylation is 2. The summed E-state index contributed by atoms with van der Waals surface area (Å²) in [7, 11) is -3.33. The highest BCUT2D eigenvalue weighted by Crippen LogP contribution is 2.21. The zero-order valence-corrected chi connectivity index (χ0v) is 18.7. The number of aromatic nitrogens is 1. The van der Waals surface area contributed by atoms with Crippen LogP contribution in [-0.2, 0) is 21.2 Å². The lowest BCUT2D eigenvalue weighted by Gasteiger charge is -2.39. The Hall–Kier alpha value is -1.45. The van der Waals surface area contributed by atoms with Gasteiger partial charge in [-0.2, -0.15) is 4.31 Å². The molecule has 0 aliphatic carbocycles. The van der Waals surface area contributed by atoms with Gasteiger partial charge in [0, 0.05) is 37.8 Å². The van der Waals surface area contributed by atoms with Gasteiger partial charge in [0.25, 0.3) is 0 Å². The third-order valence-electron chi connectivity index (χ3n) is 6.18. The van der Waals surface area contributed by atoms with Gasteiger partial charge in [-0.15, -0.1) is 0 Å². The summed E-state index contributed by atoms with van der Waals surface area (Å²) >= 11 is 0. The van der Waals surface area contributed by atoms with Gasteiger partial charge in [0.1, 0.15) is 5.76 Å². The van der Waals surface area contributed by atoms with Gasteiger partial charge in [-0.3, -0.25) is 4.79 Å². The van der Waals surface area contributed by atoms with Gasteiger partial charge < -0.3 is 14.3 Å². The number of piperidine rings is 2. The average Bonchev–Trinajstić information content (AvgIpc) is 3.00. The lowest BCUT2D eigenvalue weighted by molar-refractivity contribution is -0.132. The van der Waals surface area contributed by atoms with Crippen molar-refractivity contribution < 1.29 is 17.7 Å². The molecule has 8 nitrogen and oxygen atoms in total. The minimum atomic E-state index is -3.33. The van der Waals surface area contributed by atoms with Crippen molar-refractivity contribution in [2.75, 3.05) is 45.5 Å². The Bertz CT molecular complexity index is 782. The maximum Gasteiger partial charge on any atom is 0.227 e. The third kappa shape index (κ3) is 5.79. The fraction of sp³-hybridized carbons (Fsp3) is 0.800. The van der Waals surface area contributed by atoms with Gasteiger partial charge in [0.15, 0.2) is 0 Å². The summed E-state index contributed by atoms with van der Waals surface area (Å²) in [4.78, 5) is 17.0. The highest BCUT2D eigenvalue weighted by molar-refractivity contribution is 7.88. The van der Waals surface area contributed by atoms with E-state index < -0.39 is 10.0 Å². The molecule has 29 heavy (non-hydrogen) atoms. The molecule has 1 aromatic rings. The number of hydrogen-bond acceptors (Lipinski definition) is 6. The van der Waals surface area contributed by atoms with Crippen LogP contribution in [-0.4, -0.2) is 85.2 Å². The van der Waals surface area contributed by atoms with Crippen molar-refractivity contribution in [1.29, 1.82) is 0 Å². The van der Waals surface area contributed by atoms with E-state index in [1.165, 1.54) is 25.5 Å². The quantitative estimate of drug-likeness (QED) is 0.658. The van der Waals surface area contributed by atoms with Crippen LogP contribution in [0, 0.1) is 13.8 Å². The Morgan fingerprint density at radius 3 is 2.52 bits per heavy atom. The number of hydrogen-bond donors (Lipinski definition) is 0. The molecule has 0 saturated carbocycles. The molecule has 0 N–H and O–H groups in total. The highest BCUT2D eigenvalue weighted by atomic mass is 32.2. The molecule has 2 fully saturated rings. The van der Waals surface area contributed by atoms with Gasteiger partial charge in [-0.25, -0.2) is 8.42 Å². The highest BCUT2D eigenvalue weighted by Gasteiger charge is 2.33. The van der Waals surface area contributed by atoms with E-state index in [2.05, 4.69) is 10.1 Å². The largest absolute Gasteiger partial charge is 0.361 e. The summed E-state index contributed by atoms with van der Waals surface area (Å²) in [6, 6.07) is -0.155. The number of likely N-dealkylation sites (tertiary alicyclic amines) is 2. The van der Waals surface area contributed by atoms with Crippen molar-refractivity contribution in [2.24, 2.45) is 0 Å². The summed E-state index contributed by atoms with van der Waals surface area (Å²) in [5.74, 6) is 0.678. The molecule has 2 saturated heterocycles. The first kappa shape index (κ1) is 22.2. The van der Waals surface area contributed by atoms with Crippen LogP contribution in [0.3, 0.4) is 0 Å². The number of amides is 1. The van der Waals surface area contributed by atoms with E-state index in [0.29, 0.717) is 25.4 Å². The number of rotatable bonds is 7. The Morgan fingerprint density at radius 1 is 1.17 bits per heavy atom. The second kappa shape index (κ2) is 9.57. The summed E-state index contributed by atoms with van der Waals surface area (Å²) in [5.41, 5.74) is 1.57. The van der Waals surface area contributed by atoms with Crippen LogP contribution in [0.2, 0.25) is 0 Å². The summed E-state index contributed by atoms with van der Waals surface area (Å²) in [5, 5.41) is 3.92. The molecule has 0 radical (unpaired) electrons. The number of carbonyl (C=O) groups excluding carboxylic acids is 1. The minimum absolute atomic E-state index is 0.00795. The van der Waals surface area contributed by atoms with Crippen molar-refractivity contribution in [3.63, 3.8) is 0 Å². The van der Waals surface area contributed by atoms with Gasteiger partial charge in [-0.05, 0) is 52.6 Å². The van der Waals surface area contributed by atoms with Crippen LogP contribution in [0.5, 0.6) is 0 Å². The number of carbonyl (C=O) groups is 1. The zero-order chi connectivity index (χ0) is 21.0. The fourth-order valence-electron chi connectivity index (χ4n) is 4.48. The van der Waals surface area contributed by atoms with Crippen molar-refractivity contribution >= 4 is 15.9 Å². The van der Waals surface area contributed by atoms with E-state index in [0.717, 1.165) is 43.7 Å². The average molecular weight is 427 g/mol. The topological polar surface area (TPSA) is 87.0 Å². The van der Waals surface area contributed by atoms with E-state index in [1.54, 1.807) is 9.21 Å². The first-order valence-electron chi connectivity index (χ1n) is 10.6. The van der Waals surface area contributed by atoms with E-state index in [1.807, 2.05) is 13.8 Å². The van der Waals surface area contributed by atoms with Gasteiger partial charge in [0.2, 0.25) is 15.9 Å². The molecular weight excluding hydrogens is 392 g/mol. The Morgan fingerprint density at radius 2 is 1.90 bits per heavy atom. The predicted octanol–water partition coefficient (Wildman–Crippen LogP) is 1.57. The minimum Gasteiger partial charge on any atom is -0.361 e. The molecule has 1 atom stereocenters. The van der Waals surface area contributed by atoms with Crippen molar-refractivity contribution in [3.05, 3.63) is 17.0 Å². The molecule has 1 aromatic heterocycles. The SMILES string of the molecule is Cc1noc(C)c1CC(=O)N1CCCC(N(CCN2CCCCC2)S(C)(=O)=O)C1. The van der Waals surface area contributed by atoms with Crippen molar-refractivity contribution in [1.82, 2.24) is 19.3 Å². The number of sulfonamides is 1. The smallest absolute Gasteiger partial charge is 0.227 e. The molecule has 0 spiro atoms. The molecule has 0 aromatic carbocycles. The van der Waals surface area contributed by atoms with Crippen LogP contribution in [0.1, 0.15) is 49.1 Å². The molecule has 1 amide bonds. The first-order chi connectivity index (χ1) is 13.8. The Balaban J connectivity index is 1.63. The summed E-state index contributed by atoms with van der Waals surface area (Å²) in [6.07, 6.45) is 6.78. The maximum atomic E-state index is 12.9. The lowest BCUT2D eigenvalue weighted by Crippen LogP contribution is -2.53. The Kier molecular flexibility index (Phi) is 7.34. The fourth-order valence-corrected chi connectivity index (χ4v) is 5.60. The van der Waals surface area contributed by atoms with Gasteiger partial charge >= 0.3 is 0 Å². The number of nitrogens with zero attached hydrogens (tertiary/aromatic N) is 4. The van der Waals surface area contributed by atoms with E-state index in [4.69, 9.17) is 4.52 Å².